The zero-order chi connectivity index (χ0) is 6.97. The molecule has 2 rings (SSSR count). The highest BCUT2D eigenvalue weighted by molar-refractivity contribution is 14.1. The van der Waals surface area contributed by atoms with Crippen LogP contribution in [-0.2, 0) is 0 Å². The molecule has 2 aromatic heterocycles. The first-order valence-electron chi connectivity index (χ1n) is 2.85. The molecule has 0 fully saturated rings. The Balaban J connectivity index is 2.95. The number of thiophene rings is 1. The predicted octanol–water partition coefficient (Wildman–Crippen LogP) is 2.90. The molecule has 50 valence electrons. The topological polar surface area (TPSA) is 12.9 Å². The van der Waals surface area contributed by atoms with Crippen molar-refractivity contribution in [1.29, 1.82) is 0 Å². The molecular weight excluding hydrogens is 257 g/mol. The van der Waals surface area contributed by atoms with E-state index in [1.807, 2.05) is 12.3 Å². The van der Waals surface area contributed by atoms with Crippen LogP contribution in [0.1, 0.15) is 0 Å². The highest BCUT2D eigenvalue weighted by Gasteiger charge is 1.97. The van der Waals surface area contributed by atoms with Crippen LogP contribution in [-0.4, -0.2) is 4.98 Å². The molecular formula is C7H4INS. The summed E-state index contributed by atoms with van der Waals surface area (Å²) < 4.78 is 2.40. The molecule has 0 atom stereocenters. The van der Waals surface area contributed by atoms with Gasteiger partial charge >= 0.3 is 0 Å². The van der Waals surface area contributed by atoms with Crippen LogP contribution < -0.4 is 0 Å². The molecule has 0 radical (unpaired) electrons. The van der Waals surface area contributed by atoms with Crippen molar-refractivity contribution < 1.29 is 0 Å². The van der Waals surface area contributed by atoms with Gasteiger partial charge in [-0.25, -0.2) is 4.98 Å². The van der Waals surface area contributed by atoms with Crippen LogP contribution in [0.3, 0.4) is 0 Å². The maximum absolute atomic E-state index is 4.18. The second kappa shape index (κ2) is 2.47. The smallest absolute Gasteiger partial charge is 0.119 e. The van der Waals surface area contributed by atoms with E-state index in [0.29, 0.717) is 0 Å². The average molecular weight is 261 g/mol. The first-order chi connectivity index (χ1) is 4.88. The summed E-state index contributed by atoms with van der Waals surface area (Å²) in [4.78, 5) is 4.18. The van der Waals surface area contributed by atoms with Gasteiger partial charge < -0.3 is 0 Å². The Kier molecular flexibility index (Phi) is 1.61. The van der Waals surface area contributed by atoms with Crippen molar-refractivity contribution in [3.05, 3.63) is 27.4 Å². The summed E-state index contributed by atoms with van der Waals surface area (Å²) in [6.45, 7) is 0. The molecule has 0 spiro atoms. The summed E-state index contributed by atoms with van der Waals surface area (Å²) in [5, 5.41) is 3.39. The summed E-state index contributed by atoms with van der Waals surface area (Å²) in [5.41, 5.74) is 0. The molecule has 3 heteroatoms. The summed E-state index contributed by atoms with van der Waals surface area (Å²) in [6.07, 6.45) is 1.84. The van der Waals surface area contributed by atoms with Gasteiger partial charge in [0.15, 0.2) is 0 Å². The van der Waals surface area contributed by atoms with E-state index in [1.165, 1.54) is 10.1 Å². The molecule has 0 saturated heterocycles. The van der Waals surface area contributed by atoms with E-state index in [4.69, 9.17) is 0 Å². The third-order valence-electron chi connectivity index (χ3n) is 1.33. The number of aromatic nitrogens is 1. The second-order valence-electron chi connectivity index (χ2n) is 1.94. The quantitative estimate of drug-likeness (QED) is 0.525. The average Bonchev–Trinajstić information content (AvgIpc) is 2.36. The van der Waals surface area contributed by atoms with Crippen molar-refractivity contribution in [3.8, 4) is 0 Å². The van der Waals surface area contributed by atoms with E-state index in [9.17, 15) is 0 Å². The van der Waals surface area contributed by atoms with Gasteiger partial charge in [-0.2, -0.15) is 0 Å². The molecule has 10 heavy (non-hydrogen) atoms. The van der Waals surface area contributed by atoms with E-state index in [-0.39, 0.29) is 0 Å². The van der Waals surface area contributed by atoms with Gasteiger partial charge in [-0.15, -0.1) is 11.3 Å². The Morgan fingerprint density at radius 3 is 3.10 bits per heavy atom. The molecule has 0 unspecified atom stereocenters. The molecule has 1 nitrogen and oxygen atoms in total. The van der Waals surface area contributed by atoms with Gasteiger partial charge in [0, 0.05) is 6.20 Å². The van der Waals surface area contributed by atoms with E-state index in [2.05, 4.69) is 39.0 Å². The van der Waals surface area contributed by atoms with Gasteiger partial charge in [0.05, 0.1) is 4.70 Å². The second-order valence-corrected chi connectivity index (χ2v) is 3.88. The van der Waals surface area contributed by atoms with Crippen LogP contribution in [0.2, 0.25) is 0 Å². The normalized spacial score (nSPS) is 10.5. The van der Waals surface area contributed by atoms with Gasteiger partial charge in [-0.1, -0.05) is 0 Å². The van der Waals surface area contributed by atoms with Crippen molar-refractivity contribution in [2.45, 2.75) is 0 Å². The van der Waals surface area contributed by atoms with Gasteiger partial charge in [0.1, 0.15) is 3.70 Å². The Labute approximate surface area is 76.2 Å². The fourth-order valence-electron chi connectivity index (χ4n) is 0.860. The Morgan fingerprint density at radius 1 is 1.40 bits per heavy atom. The molecule has 2 aromatic rings. The minimum atomic E-state index is 1.10. The fraction of sp³-hybridized carbons (Fsp3) is 0. The molecule has 0 aliphatic carbocycles. The number of nitrogens with zero attached hydrogens (tertiary/aromatic N) is 1. The molecule has 0 bridgehead atoms. The Bertz CT molecular complexity index is 355. The van der Waals surface area contributed by atoms with Crippen molar-refractivity contribution in [1.82, 2.24) is 4.98 Å². The van der Waals surface area contributed by atoms with E-state index in [1.54, 1.807) is 11.3 Å². The molecule has 0 N–H and O–H groups in total. The molecule has 0 aliphatic heterocycles. The van der Waals surface area contributed by atoms with Gasteiger partial charge in [-0.05, 0) is 45.5 Å². The van der Waals surface area contributed by atoms with Crippen LogP contribution in [0.4, 0.5) is 0 Å². The van der Waals surface area contributed by atoms with Gasteiger partial charge in [-0.3, -0.25) is 0 Å². The summed E-state index contributed by atoms with van der Waals surface area (Å²) in [7, 11) is 0. The standard InChI is InChI=1S/C7H4INS/c8-7-6-5(1-3-9-7)2-4-10-6/h1-4H. The Morgan fingerprint density at radius 2 is 2.30 bits per heavy atom. The fourth-order valence-corrected chi connectivity index (χ4v) is 2.49. The number of hydrogen-bond acceptors (Lipinski definition) is 2. The maximum atomic E-state index is 4.18. The summed E-state index contributed by atoms with van der Waals surface area (Å²) in [6, 6.07) is 4.15. The lowest BCUT2D eigenvalue weighted by molar-refractivity contribution is 1.32. The predicted molar refractivity (Wildman–Crippen MR) is 52.3 cm³/mol. The largest absolute Gasteiger partial charge is 0.249 e. The number of pyridine rings is 1. The number of halogens is 1. The van der Waals surface area contributed by atoms with Crippen molar-refractivity contribution in [3.63, 3.8) is 0 Å². The van der Waals surface area contributed by atoms with Crippen LogP contribution in [0.5, 0.6) is 0 Å². The van der Waals surface area contributed by atoms with Gasteiger partial charge in [0.2, 0.25) is 0 Å². The van der Waals surface area contributed by atoms with E-state index in [0.717, 1.165) is 3.70 Å². The number of hydrogen-bond donors (Lipinski definition) is 0. The molecule has 0 amide bonds. The molecule has 2 heterocycles. The van der Waals surface area contributed by atoms with Crippen molar-refractivity contribution >= 4 is 44.0 Å². The van der Waals surface area contributed by atoms with E-state index < -0.39 is 0 Å². The van der Waals surface area contributed by atoms with Gasteiger partial charge in [0.25, 0.3) is 0 Å². The van der Waals surface area contributed by atoms with Crippen LogP contribution in [0.15, 0.2) is 23.7 Å². The lowest BCUT2D eigenvalue weighted by atomic mass is 10.3. The third-order valence-corrected chi connectivity index (χ3v) is 3.45. The first-order valence-corrected chi connectivity index (χ1v) is 4.81. The van der Waals surface area contributed by atoms with E-state index >= 15 is 0 Å². The minimum Gasteiger partial charge on any atom is -0.249 e. The summed E-state index contributed by atoms with van der Waals surface area (Å²) in [5.74, 6) is 0. The third kappa shape index (κ3) is 0.932. The van der Waals surface area contributed by atoms with Crippen LogP contribution >= 0.6 is 33.9 Å². The Hall–Kier alpha value is -0.160. The van der Waals surface area contributed by atoms with Crippen LogP contribution in [0, 0.1) is 3.70 Å². The number of fused-ring (bicyclic) bond motifs is 1. The zero-order valence-corrected chi connectivity index (χ0v) is 8.02. The maximum Gasteiger partial charge on any atom is 0.119 e. The lowest BCUT2D eigenvalue weighted by Gasteiger charge is -1.88. The van der Waals surface area contributed by atoms with Crippen molar-refractivity contribution in [2.24, 2.45) is 0 Å². The minimum absolute atomic E-state index is 1.10. The molecule has 0 saturated carbocycles. The lowest BCUT2D eigenvalue weighted by Crippen LogP contribution is -1.75. The molecule has 0 aromatic carbocycles. The number of rotatable bonds is 0. The monoisotopic (exact) mass is 261 g/mol. The molecule has 0 aliphatic rings. The zero-order valence-electron chi connectivity index (χ0n) is 5.04. The van der Waals surface area contributed by atoms with Crippen LogP contribution in [0.25, 0.3) is 10.1 Å². The highest BCUT2D eigenvalue weighted by Crippen LogP contribution is 2.23. The summed E-state index contributed by atoms with van der Waals surface area (Å²) >= 11 is 4.00. The van der Waals surface area contributed by atoms with Crippen molar-refractivity contribution in [2.75, 3.05) is 0 Å². The first kappa shape index (κ1) is 6.54. The SMILES string of the molecule is Ic1nccc2ccsc12. The highest BCUT2D eigenvalue weighted by atomic mass is 127.